The van der Waals surface area contributed by atoms with E-state index in [-0.39, 0.29) is 5.91 Å². The van der Waals surface area contributed by atoms with Gasteiger partial charge in [0, 0.05) is 23.8 Å². The lowest BCUT2D eigenvalue weighted by Gasteiger charge is -2.21. The van der Waals surface area contributed by atoms with E-state index in [9.17, 15) is 4.79 Å². The molecule has 3 N–H and O–H groups in total. The number of amides is 1. The van der Waals surface area contributed by atoms with E-state index in [1.807, 2.05) is 29.2 Å². The van der Waals surface area contributed by atoms with Crippen molar-refractivity contribution in [2.45, 2.75) is 25.8 Å². The molecular formula is C12H17N3O. The normalized spacial score (nSPS) is 19.9. The second-order valence-electron chi connectivity index (χ2n) is 4.21. The van der Waals surface area contributed by atoms with Gasteiger partial charge in [0.05, 0.1) is 0 Å². The van der Waals surface area contributed by atoms with Crippen LogP contribution in [-0.4, -0.2) is 23.4 Å². The highest BCUT2D eigenvalue weighted by molar-refractivity contribution is 5.94. The van der Waals surface area contributed by atoms with Crippen molar-refractivity contribution in [3.63, 3.8) is 0 Å². The summed E-state index contributed by atoms with van der Waals surface area (Å²) in [7, 11) is 0. The number of anilines is 1. The Balaban J connectivity index is 2.14. The van der Waals surface area contributed by atoms with E-state index >= 15 is 0 Å². The summed E-state index contributed by atoms with van der Waals surface area (Å²) >= 11 is 0. The molecule has 16 heavy (non-hydrogen) atoms. The lowest BCUT2D eigenvalue weighted by molar-refractivity contribution is 0.0747. The summed E-state index contributed by atoms with van der Waals surface area (Å²) in [5.41, 5.74) is 4.09. The number of nitrogens with zero attached hydrogens (tertiary/aromatic N) is 1. The van der Waals surface area contributed by atoms with Crippen molar-refractivity contribution in [1.29, 1.82) is 0 Å². The van der Waals surface area contributed by atoms with E-state index in [0.29, 0.717) is 6.04 Å². The van der Waals surface area contributed by atoms with Crippen molar-refractivity contribution >= 4 is 11.6 Å². The fraction of sp³-hybridized carbons (Fsp3) is 0.417. The summed E-state index contributed by atoms with van der Waals surface area (Å²) in [5.74, 6) is 5.39. The van der Waals surface area contributed by atoms with Crippen LogP contribution in [0.5, 0.6) is 0 Å². The first-order valence-corrected chi connectivity index (χ1v) is 5.60. The van der Waals surface area contributed by atoms with Gasteiger partial charge in [-0.3, -0.25) is 10.6 Å². The van der Waals surface area contributed by atoms with E-state index in [1.165, 1.54) is 0 Å². The van der Waals surface area contributed by atoms with Gasteiger partial charge in [-0.15, -0.1) is 0 Å². The lowest BCUT2D eigenvalue weighted by atomic mass is 10.1. The van der Waals surface area contributed by atoms with Gasteiger partial charge in [-0.05, 0) is 44.0 Å². The van der Waals surface area contributed by atoms with Gasteiger partial charge in [0.1, 0.15) is 0 Å². The molecule has 0 bridgehead atoms. The number of benzene rings is 1. The SMILES string of the molecule is CC1CCCN1C(=O)c1ccc(NN)cc1. The van der Waals surface area contributed by atoms with Crippen LogP contribution in [0.4, 0.5) is 5.69 Å². The molecule has 1 aromatic rings. The van der Waals surface area contributed by atoms with Gasteiger partial charge in [0.15, 0.2) is 0 Å². The largest absolute Gasteiger partial charge is 0.336 e. The van der Waals surface area contributed by atoms with E-state index in [2.05, 4.69) is 12.3 Å². The zero-order valence-corrected chi connectivity index (χ0v) is 9.44. The maximum absolute atomic E-state index is 12.1. The van der Waals surface area contributed by atoms with Gasteiger partial charge in [-0.1, -0.05) is 0 Å². The number of rotatable bonds is 2. The van der Waals surface area contributed by atoms with E-state index in [1.54, 1.807) is 0 Å². The number of hydrogen-bond acceptors (Lipinski definition) is 3. The summed E-state index contributed by atoms with van der Waals surface area (Å²) < 4.78 is 0. The van der Waals surface area contributed by atoms with Gasteiger partial charge in [0.25, 0.3) is 5.91 Å². The first-order valence-electron chi connectivity index (χ1n) is 5.60. The summed E-state index contributed by atoms with van der Waals surface area (Å²) in [6, 6.07) is 7.60. The molecule has 86 valence electrons. The van der Waals surface area contributed by atoms with Crippen LogP contribution in [0.15, 0.2) is 24.3 Å². The van der Waals surface area contributed by atoms with Gasteiger partial charge in [0.2, 0.25) is 0 Å². The minimum Gasteiger partial charge on any atom is -0.336 e. The Morgan fingerprint density at radius 3 is 2.62 bits per heavy atom. The minimum absolute atomic E-state index is 0.119. The summed E-state index contributed by atoms with van der Waals surface area (Å²) in [5, 5.41) is 0. The monoisotopic (exact) mass is 219 g/mol. The minimum atomic E-state index is 0.119. The molecule has 4 heteroatoms. The van der Waals surface area contributed by atoms with Gasteiger partial charge in [-0.25, -0.2) is 0 Å². The van der Waals surface area contributed by atoms with Crippen molar-refractivity contribution in [3.8, 4) is 0 Å². The van der Waals surface area contributed by atoms with Crippen LogP contribution >= 0.6 is 0 Å². The average molecular weight is 219 g/mol. The van der Waals surface area contributed by atoms with Crippen LogP contribution in [0.1, 0.15) is 30.1 Å². The molecule has 1 aromatic carbocycles. The Bertz CT molecular complexity index is 374. The first kappa shape index (κ1) is 11.0. The van der Waals surface area contributed by atoms with E-state index < -0.39 is 0 Å². The molecular weight excluding hydrogens is 202 g/mol. The van der Waals surface area contributed by atoms with Crippen molar-refractivity contribution in [1.82, 2.24) is 4.90 Å². The lowest BCUT2D eigenvalue weighted by Crippen LogP contribution is -2.33. The van der Waals surface area contributed by atoms with Crippen LogP contribution in [0, 0.1) is 0 Å². The standard InChI is InChI=1S/C12H17N3O/c1-9-3-2-8-15(9)12(16)10-4-6-11(14-13)7-5-10/h4-7,9,14H,2-3,8,13H2,1H3. The number of carbonyl (C=O) groups is 1. The molecule has 1 aliphatic rings. The number of nitrogen functional groups attached to an aromatic ring is 1. The Morgan fingerprint density at radius 2 is 2.12 bits per heavy atom. The van der Waals surface area contributed by atoms with Gasteiger partial charge >= 0.3 is 0 Å². The summed E-state index contributed by atoms with van der Waals surface area (Å²) in [4.78, 5) is 14.1. The zero-order chi connectivity index (χ0) is 11.5. The third kappa shape index (κ3) is 2.02. The first-order chi connectivity index (χ1) is 7.72. The van der Waals surface area contributed by atoms with Crippen LogP contribution in [0.2, 0.25) is 0 Å². The topological polar surface area (TPSA) is 58.4 Å². The smallest absolute Gasteiger partial charge is 0.254 e. The predicted molar refractivity (Wildman–Crippen MR) is 64.0 cm³/mol. The quantitative estimate of drug-likeness (QED) is 0.586. The fourth-order valence-corrected chi connectivity index (χ4v) is 2.11. The molecule has 0 spiro atoms. The van der Waals surface area contributed by atoms with Crippen LogP contribution in [-0.2, 0) is 0 Å². The van der Waals surface area contributed by atoms with E-state index in [4.69, 9.17) is 5.84 Å². The molecule has 1 aliphatic heterocycles. The van der Waals surface area contributed by atoms with Crippen LogP contribution < -0.4 is 11.3 Å². The van der Waals surface area contributed by atoms with Crippen LogP contribution in [0.3, 0.4) is 0 Å². The highest BCUT2D eigenvalue weighted by Crippen LogP contribution is 2.20. The molecule has 1 saturated heterocycles. The predicted octanol–water partition coefficient (Wildman–Crippen LogP) is 1.60. The molecule has 1 atom stereocenters. The Morgan fingerprint density at radius 1 is 1.44 bits per heavy atom. The molecule has 0 radical (unpaired) electrons. The number of carbonyl (C=O) groups excluding carboxylic acids is 1. The Labute approximate surface area is 95.4 Å². The molecule has 0 aromatic heterocycles. The maximum atomic E-state index is 12.1. The molecule has 1 amide bonds. The number of hydrogen-bond donors (Lipinski definition) is 2. The highest BCUT2D eigenvalue weighted by atomic mass is 16.2. The second-order valence-corrected chi connectivity index (χ2v) is 4.21. The van der Waals surface area contributed by atoms with Crippen molar-refractivity contribution in [2.75, 3.05) is 12.0 Å². The second kappa shape index (κ2) is 4.53. The number of nitrogens with two attached hydrogens (primary N) is 1. The Hall–Kier alpha value is -1.55. The van der Waals surface area contributed by atoms with Crippen molar-refractivity contribution in [2.24, 2.45) is 5.84 Å². The number of likely N-dealkylation sites (tertiary alicyclic amines) is 1. The van der Waals surface area contributed by atoms with E-state index in [0.717, 1.165) is 30.6 Å². The molecule has 1 fully saturated rings. The highest BCUT2D eigenvalue weighted by Gasteiger charge is 2.25. The number of hydrazine groups is 1. The molecule has 0 aliphatic carbocycles. The maximum Gasteiger partial charge on any atom is 0.254 e. The van der Waals surface area contributed by atoms with Gasteiger partial charge < -0.3 is 10.3 Å². The van der Waals surface area contributed by atoms with Crippen LogP contribution in [0.25, 0.3) is 0 Å². The molecule has 1 heterocycles. The third-order valence-electron chi connectivity index (χ3n) is 3.11. The summed E-state index contributed by atoms with van der Waals surface area (Å²) in [6.45, 7) is 2.97. The Kier molecular flexibility index (Phi) is 3.10. The average Bonchev–Trinajstić information content (AvgIpc) is 2.75. The zero-order valence-electron chi connectivity index (χ0n) is 9.44. The van der Waals surface area contributed by atoms with Gasteiger partial charge in [-0.2, -0.15) is 0 Å². The van der Waals surface area contributed by atoms with Crippen molar-refractivity contribution in [3.05, 3.63) is 29.8 Å². The molecule has 1 unspecified atom stereocenters. The summed E-state index contributed by atoms with van der Waals surface area (Å²) in [6.07, 6.45) is 2.21. The fourth-order valence-electron chi connectivity index (χ4n) is 2.11. The number of nitrogens with one attached hydrogen (secondary N) is 1. The molecule has 0 saturated carbocycles. The molecule has 4 nitrogen and oxygen atoms in total. The van der Waals surface area contributed by atoms with Crippen molar-refractivity contribution < 1.29 is 4.79 Å². The third-order valence-corrected chi connectivity index (χ3v) is 3.11. The molecule has 2 rings (SSSR count).